The third-order valence-electron chi connectivity index (χ3n) is 4.82. The fraction of sp³-hybridized carbons (Fsp3) is 0.500. The van der Waals surface area contributed by atoms with Crippen LogP contribution in [0.2, 0.25) is 5.02 Å². The molecule has 0 fully saturated rings. The van der Waals surface area contributed by atoms with E-state index in [0.717, 1.165) is 10.0 Å². The number of amides is 2. The average molecular weight is 476 g/mol. The Bertz CT molecular complexity index is 726. The van der Waals surface area contributed by atoms with Crippen molar-refractivity contribution >= 4 is 39.5 Å². The summed E-state index contributed by atoms with van der Waals surface area (Å²) in [4.78, 5) is 23.9. The van der Waals surface area contributed by atoms with Crippen LogP contribution < -0.4 is 10.6 Å². The number of benzene rings is 1. The summed E-state index contributed by atoms with van der Waals surface area (Å²) in [6.45, 7) is 9.58. The highest BCUT2D eigenvalue weighted by atomic mass is 79.9. The van der Waals surface area contributed by atoms with E-state index in [4.69, 9.17) is 11.6 Å². The van der Waals surface area contributed by atoms with Crippen LogP contribution in [0, 0.1) is 11.8 Å². The maximum Gasteiger partial charge on any atom is 0.333 e. The molecule has 0 aromatic heterocycles. The summed E-state index contributed by atoms with van der Waals surface area (Å²) in [5.74, 6) is -0.658. The minimum atomic E-state index is -0.864. The molecule has 0 spiro atoms. The van der Waals surface area contributed by atoms with Crippen LogP contribution in [-0.2, 0) is 15.1 Å². The van der Waals surface area contributed by atoms with E-state index >= 15 is 0 Å². The zero-order chi connectivity index (χ0) is 21.5. The molecule has 0 heterocycles. The van der Waals surface area contributed by atoms with Gasteiger partial charge in [-0.05, 0) is 52.9 Å². The summed E-state index contributed by atoms with van der Waals surface area (Å²) in [7, 11) is 1.28. The van der Waals surface area contributed by atoms with Crippen LogP contribution >= 0.6 is 27.5 Å². The number of aliphatic hydroxyl groups is 1. The Morgan fingerprint density at radius 3 is 2.54 bits per heavy atom. The van der Waals surface area contributed by atoms with E-state index < -0.39 is 17.5 Å². The predicted octanol–water partition coefficient (Wildman–Crippen LogP) is 4.00. The molecule has 8 heteroatoms. The Morgan fingerprint density at radius 1 is 1.39 bits per heavy atom. The molecule has 2 amide bonds. The first-order valence-corrected chi connectivity index (χ1v) is 10.1. The first-order chi connectivity index (χ1) is 13.1. The van der Waals surface area contributed by atoms with Gasteiger partial charge in [0.05, 0.1) is 17.7 Å². The lowest BCUT2D eigenvalue weighted by Gasteiger charge is -2.40. The highest BCUT2D eigenvalue weighted by Gasteiger charge is 2.39. The van der Waals surface area contributed by atoms with Gasteiger partial charge in [0.25, 0.3) is 0 Å². The highest BCUT2D eigenvalue weighted by Crippen LogP contribution is 2.37. The van der Waals surface area contributed by atoms with E-state index in [1.54, 1.807) is 6.07 Å². The molecule has 0 aliphatic carbocycles. The molecule has 0 bridgehead atoms. The van der Waals surface area contributed by atoms with Gasteiger partial charge in [-0.2, -0.15) is 0 Å². The van der Waals surface area contributed by atoms with Crippen molar-refractivity contribution in [2.75, 3.05) is 20.3 Å². The normalized spacial score (nSPS) is 14.1. The number of hydrogen-bond acceptors (Lipinski definition) is 4. The van der Waals surface area contributed by atoms with Crippen molar-refractivity contribution in [3.8, 4) is 0 Å². The van der Waals surface area contributed by atoms with Crippen LogP contribution in [-0.4, -0.2) is 37.4 Å². The summed E-state index contributed by atoms with van der Waals surface area (Å²) >= 11 is 9.62. The number of carbonyl (C=O) groups is 2. The number of halogens is 2. The zero-order valence-electron chi connectivity index (χ0n) is 16.6. The Morgan fingerprint density at radius 2 is 2.04 bits per heavy atom. The molecule has 1 aromatic rings. The van der Waals surface area contributed by atoms with E-state index in [1.807, 2.05) is 32.9 Å². The van der Waals surface area contributed by atoms with Crippen molar-refractivity contribution in [1.82, 2.24) is 10.6 Å². The van der Waals surface area contributed by atoms with Gasteiger partial charge in [0, 0.05) is 29.1 Å². The second-order valence-corrected chi connectivity index (χ2v) is 8.35. The number of esters is 1. The second-order valence-electron chi connectivity index (χ2n) is 7.09. The largest absolute Gasteiger partial charge is 0.466 e. The number of nitrogens with one attached hydrogen (secondary N) is 2. The van der Waals surface area contributed by atoms with Gasteiger partial charge in [0.2, 0.25) is 0 Å². The predicted molar refractivity (Wildman–Crippen MR) is 114 cm³/mol. The Balaban J connectivity index is 3.00. The SMILES string of the molecule is C=C(CCNC(=O)N[C@@](C)(c1ccc(Br)c(Cl)c1)C(CO)C(C)C)C(=O)OC. The molecule has 0 aliphatic heterocycles. The maximum absolute atomic E-state index is 12.6. The molecular weight excluding hydrogens is 448 g/mol. The fourth-order valence-electron chi connectivity index (χ4n) is 3.11. The third kappa shape index (κ3) is 6.22. The van der Waals surface area contributed by atoms with Crippen molar-refractivity contribution < 1.29 is 19.4 Å². The molecule has 28 heavy (non-hydrogen) atoms. The maximum atomic E-state index is 12.6. The number of hydrogen-bond donors (Lipinski definition) is 3. The standard InChI is InChI=1S/C20H28BrClN2O4/c1-12(2)15(11-25)20(4,14-6-7-16(21)17(22)10-14)24-19(27)23-9-8-13(3)18(26)28-5/h6-7,10,12,15,25H,3,8-9,11H2,1-2,4-5H3,(H2,23,24,27)/t15?,20-/m0/s1. The highest BCUT2D eigenvalue weighted by molar-refractivity contribution is 9.10. The minimum Gasteiger partial charge on any atom is -0.466 e. The third-order valence-corrected chi connectivity index (χ3v) is 6.05. The molecule has 3 N–H and O–H groups in total. The lowest BCUT2D eigenvalue weighted by molar-refractivity contribution is -0.136. The number of rotatable bonds is 9. The van der Waals surface area contributed by atoms with E-state index in [1.165, 1.54) is 7.11 Å². The molecule has 1 rings (SSSR count). The smallest absolute Gasteiger partial charge is 0.333 e. The van der Waals surface area contributed by atoms with Crippen molar-refractivity contribution in [2.45, 2.75) is 32.7 Å². The molecule has 0 saturated carbocycles. The first-order valence-electron chi connectivity index (χ1n) is 8.95. The molecule has 1 aromatic carbocycles. The van der Waals surface area contributed by atoms with Gasteiger partial charge in [0.1, 0.15) is 0 Å². The molecule has 0 aliphatic rings. The van der Waals surface area contributed by atoms with E-state index in [9.17, 15) is 14.7 Å². The van der Waals surface area contributed by atoms with Crippen LogP contribution in [0.1, 0.15) is 32.8 Å². The lowest BCUT2D eigenvalue weighted by atomic mass is 9.74. The molecule has 0 radical (unpaired) electrons. The van der Waals surface area contributed by atoms with Crippen molar-refractivity contribution in [1.29, 1.82) is 0 Å². The monoisotopic (exact) mass is 474 g/mol. The zero-order valence-corrected chi connectivity index (χ0v) is 19.0. The number of carbonyl (C=O) groups excluding carboxylic acids is 2. The van der Waals surface area contributed by atoms with Crippen LogP contribution in [0.3, 0.4) is 0 Å². The van der Waals surface area contributed by atoms with Crippen LogP contribution in [0.25, 0.3) is 0 Å². The number of methoxy groups -OCH3 is 1. The summed E-state index contributed by atoms with van der Waals surface area (Å²) in [5.41, 5.74) is 0.194. The summed E-state index contributed by atoms with van der Waals surface area (Å²) in [6, 6.07) is 5.03. The molecule has 6 nitrogen and oxygen atoms in total. The Labute approximate surface area is 179 Å². The lowest BCUT2D eigenvalue weighted by Crippen LogP contribution is -2.54. The van der Waals surface area contributed by atoms with Crippen molar-refractivity contribution in [3.05, 3.63) is 45.4 Å². The van der Waals surface area contributed by atoms with Gasteiger partial charge >= 0.3 is 12.0 Å². The molecule has 0 saturated heterocycles. The average Bonchev–Trinajstić information content (AvgIpc) is 2.63. The molecule has 2 atom stereocenters. The molecular formula is C20H28BrClN2O4. The summed E-state index contributed by atoms with van der Waals surface area (Å²) < 4.78 is 5.34. The van der Waals surface area contributed by atoms with Gasteiger partial charge in [-0.3, -0.25) is 0 Å². The van der Waals surface area contributed by atoms with Crippen LogP contribution in [0.5, 0.6) is 0 Å². The Hall–Kier alpha value is -1.57. The van der Waals surface area contributed by atoms with Crippen LogP contribution in [0.4, 0.5) is 4.79 Å². The van der Waals surface area contributed by atoms with Gasteiger partial charge in [-0.1, -0.05) is 38.1 Å². The quantitative estimate of drug-likeness (QED) is 0.372. The van der Waals surface area contributed by atoms with Crippen molar-refractivity contribution in [2.24, 2.45) is 11.8 Å². The fourth-order valence-corrected chi connectivity index (χ4v) is 3.54. The van der Waals surface area contributed by atoms with Gasteiger partial charge in [0.15, 0.2) is 0 Å². The van der Waals surface area contributed by atoms with Crippen molar-refractivity contribution in [3.63, 3.8) is 0 Å². The number of aliphatic hydroxyl groups excluding tert-OH is 1. The minimum absolute atomic E-state index is 0.0943. The second kappa shape index (κ2) is 10.8. The van der Waals surface area contributed by atoms with E-state index in [2.05, 4.69) is 37.9 Å². The van der Waals surface area contributed by atoms with Gasteiger partial charge < -0.3 is 20.5 Å². The summed E-state index contributed by atoms with van der Waals surface area (Å²) in [5, 5.41) is 16.2. The Kier molecular flexibility index (Phi) is 9.47. The van der Waals surface area contributed by atoms with E-state index in [-0.39, 0.29) is 37.0 Å². The van der Waals surface area contributed by atoms with Crippen LogP contribution in [0.15, 0.2) is 34.8 Å². The van der Waals surface area contributed by atoms with E-state index in [0.29, 0.717) is 5.02 Å². The molecule has 156 valence electrons. The topological polar surface area (TPSA) is 87.7 Å². The summed E-state index contributed by atoms with van der Waals surface area (Å²) in [6.07, 6.45) is 0.272. The van der Waals surface area contributed by atoms with Gasteiger partial charge in [-0.15, -0.1) is 0 Å². The number of ether oxygens (including phenoxy) is 1. The first kappa shape index (κ1) is 24.5. The molecule has 1 unspecified atom stereocenters. The number of urea groups is 1. The van der Waals surface area contributed by atoms with Gasteiger partial charge in [-0.25, -0.2) is 9.59 Å².